The van der Waals surface area contributed by atoms with E-state index in [2.05, 4.69) is 4.98 Å². The summed E-state index contributed by atoms with van der Waals surface area (Å²) in [6.07, 6.45) is -4.83. The Morgan fingerprint density at radius 2 is 2.15 bits per heavy atom. The molecule has 0 bridgehead atoms. The highest BCUT2D eigenvalue weighted by Gasteiger charge is 2.30. The van der Waals surface area contributed by atoms with Crippen LogP contribution >= 0.6 is 0 Å². The van der Waals surface area contributed by atoms with Gasteiger partial charge in [0.2, 0.25) is 0 Å². The van der Waals surface area contributed by atoms with Crippen molar-refractivity contribution in [1.82, 2.24) is 9.88 Å². The number of hydrogen-bond donors (Lipinski definition) is 1. The molecule has 2 N–H and O–H groups in total. The molecule has 0 spiro atoms. The Balaban J connectivity index is 2.96. The molecule has 1 heterocycles. The molecule has 0 radical (unpaired) electrons. The summed E-state index contributed by atoms with van der Waals surface area (Å²) in [5.41, 5.74) is 4.32. The van der Waals surface area contributed by atoms with Gasteiger partial charge in [-0.25, -0.2) is 4.98 Å². The normalized spacial score (nSPS) is 11.2. The average molecular weight is 292 g/mol. The monoisotopic (exact) mass is 292 g/mol. The molecule has 0 aliphatic heterocycles. The summed E-state index contributed by atoms with van der Waals surface area (Å²) in [5.74, 6) is -1.06. The fraction of sp³-hybridized carbons (Fsp3) is 0.400. The lowest BCUT2D eigenvalue weighted by atomic mass is 10.2. The maximum absolute atomic E-state index is 12.1. The van der Waals surface area contributed by atoms with E-state index in [-0.39, 0.29) is 5.82 Å². The van der Waals surface area contributed by atoms with E-state index >= 15 is 0 Å². The number of nitrogen functional groups attached to an aromatic ring is 1. The SMILES string of the molecule is CN(CCC(F)(F)F)C(=O)c1cc(N)ncc1[N+](=O)[O-]. The van der Waals surface area contributed by atoms with Crippen LogP contribution in [0.2, 0.25) is 0 Å². The lowest BCUT2D eigenvalue weighted by Gasteiger charge is -2.18. The van der Waals surface area contributed by atoms with Crippen molar-refractivity contribution in [3.63, 3.8) is 0 Å². The maximum Gasteiger partial charge on any atom is 0.390 e. The third kappa shape index (κ3) is 4.07. The van der Waals surface area contributed by atoms with Gasteiger partial charge < -0.3 is 10.6 Å². The fourth-order valence-corrected chi connectivity index (χ4v) is 1.38. The van der Waals surface area contributed by atoms with Gasteiger partial charge in [-0.3, -0.25) is 14.9 Å². The molecule has 1 amide bonds. The average Bonchev–Trinajstić information content (AvgIpc) is 2.33. The molecule has 1 aromatic heterocycles. The standard InChI is InChI=1S/C10H11F3N4O3/c1-16(3-2-10(11,12)13)9(18)6-4-8(14)15-5-7(6)17(19)20/h4-5H,2-3H2,1H3,(H2,14,15). The van der Waals surface area contributed by atoms with Gasteiger partial charge in [0.25, 0.3) is 11.6 Å². The van der Waals surface area contributed by atoms with Gasteiger partial charge in [-0.15, -0.1) is 0 Å². The summed E-state index contributed by atoms with van der Waals surface area (Å²) < 4.78 is 36.2. The molecule has 0 aromatic carbocycles. The molecule has 1 aromatic rings. The zero-order valence-corrected chi connectivity index (χ0v) is 10.3. The lowest BCUT2D eigenvalue weighted by Crippen LogP contribution is -2.31. The Morgan fingerprint density at radius 3 is 2.65 bits per heavy atom. The number of alkyl halides is 3. The Kier molecular flexibility index (Phi) is 4.48. The fourth-order valence-electron chi connectivity index (χ4n) is 1.38. The van der Waals surface area contributed by atoms with Gasteiger partial charge in [-0.1, -0.05) is 0 Å². The number of rotatable bonds is 4. The largest absolute Gasteiger partial charge is 0.390 e. The second-order valence-electron chi connectivity index (χ2n) is 3.98. The molecule has 10 heteroatoms. The zero-order chi connectivity index (χ0) is 15.5. The number of hydrogen-bond acceptors (Lipinski definition) is 5. The number of anilines is 1. The van der Waals surface area contributed by atoms with Crippen LogP contribution < -0.4 is 5.73 Å². The van der Waals surface area contributed by atoms with Crippen LogP contribution in [0.1, 0.15) is 16.8 Å². The van der Waals surface area contributed by atoms with Crippen molar-refractivity contribution in [1.29, 1.82) is 0 Å². The molecule has 0 aliphatic carbocycles. The van der Waals surface area contributed by atoms with Gasteiger partial charge in [-0.05, 0) is 6.07 Å². The molecule has 0 unspecified atom stereocenters. The number of nitrogens with two attached hydrogens (primary N) is 1. The van der Waals surface area contributed by atoms with Gasteiger partial charge in [0.05, 0.1) is 11.3 Å². The first kappa shape index (κ1) is 15.7. The minimum absolute atomic E-state index is 0.136. The van der Waals surface area contributed by atoms with Gasteiger partial charge in [0, 0.05) is 13.6 Å². The highest BCUT2D eigenvalue weighted by atomic mass is 19.4. The van der Waals surface area contributed by atoms with Crippen molar-refractivity contribution < 1.29 is 22.9 Å². The Hall–Kier alpha value is -2.39. The third-order valence-electron chi connectivity index (χ3n) is 2.41. The first-order valence-corrected chi connectivity index (χ1v) is 5.34. The van der Waals surface area contributed by atoms with Crippen LogP contribution in [-0.2, 0) is 0 Å². The number of nitro groups is 1. The van der Waals surface area contributed by atoms with E-state index in [0.717, 1.165) is 24.2 Å². The van der Waals surface area contributed by atoms with Gasteiger partial charge in [0.1, 0.15) is 17.6 Å². The minimum Gasteiger partial charge on any atom is -0.384 e. The quantitative estimate of drug-likeness (QED) is 0.670. The van der Waals surface area contributed by atoms with Gasteiger partial charge in [0.15, 0.2) is 0 Å². The molecule has 0 fully saturated rings. The number of carbonyl (C=O) groups is 1. The van der Waals surface area contributed by atoms with Crippen LogP contribution in [0.5, 0.6) is 0 Å². The van der Waals surface area contributed by atoms with Crippen molar-refractivity contribution in [3.05, 3.63) is 27.9 Å². The topological polar surface area (TPSA) is 102 Å². The van der Waals surface area contributed by atoms with Gasteiger partial charge >= 0.3 is 6.18 Å². The summed E-state index contributed by atoms with van der Waals surface area (Å²) >= 11 is 0. The van der Waals surface area contributed by atoms with Crippen LogP contribution in [0.15, 0.2) is 12.3 Å². The number of carbonyl (C=O) groups excluding carboxylic acids is 1. The summed E-state index contributed by atoms with van der Waals surface area (Å²) in [4.78, 5) is 26.0. The Bertz CT molecular complexity index is 533. The predicted octanol–water partition coefficient (Wildman–Crippen LogP) is 1.60. The van der Waals surface area contributed by atoms with E-state index in [4.69, 9.17) is 5.73 Å². The molecule has 0 saturated carbocycles. The zero-order valence-electron chi connectivity index (χ0n) is 10.3. The second kappa shape index (κ2) is 5.72. The van der Waals surface area contributed by atoms with E-state index in [9.17, 15) is 28.1 Å². The molecule has 0 aliphatic rings. The van der Waals surface area contributed by atoms with E-state index in [1.54, 1.807) is 0 Å². The number of nitrogens with zero attached hydrogens (tertiary/aromatic N) is 3. The molecule has 0 atom stereocenters. The summed E-state index contributed by atoms with van der Waals surface area (Å²) in [6, 6.07) is 0.963. The van der Waals surface area contributed by atoms with Crippen LogP contribution in [0.4, 0.5) is 24.7 Å². The minimum atomic E-state index is -4.42. The second-order valence-corrected chi connectivity index (χ2v) is 3.98. The first-order valence-electron chi connectivity index (χ1n) is 5.34. The summed E-state index contributed by atoms with van der Waals surface area (Å²) in [5, 5.41) is 10.8. The highest BCUT2D eigenvalue weighted by Crippen LogP contribution is 2.23. The molecule has 20 heavy (non-hydrogen) atoms. The number of halogens is 3. The van der Waals surface area contributed by atoms with Crippen molar-refractivity contribution in [2.75, 3.05) is 19.3 Å². The number of amides is 1. The van der Waals surface area contributed by atoms with E-state index in [1.807, 2.05) is 0 Å². The number of pyridine rings is 1. The maximum atomic E-state index is 12.1. The molecular formula is C10H11F3N4O3. The van der Waals surface area contributed by atoms with Crippen molar-refractivity contribution in [2.45, 2.75) is 12.6 Å². The smallest absolute Gasteiger partial charge is 0.384 e. The third-order valence-corrected chi connectivity index (χ3v) is 2.41. The summed E-state index contributed by atoms with van der Waals surface area (Å²) in [6.45, 7) is -0.609. The Labute approximate surface area is 111 Å². The van der Waals surface area contributed by atoms with E-state index in [0.29, 0.717) is 0 Å². The first-order chi connectivity index (χ1) is 9.11. The van der Waals surface area contributed by atoms with Crippen molar-refractivity contribution in [3.8, 4) is 0 Å². The summed E-state index contributed by atoms with van der Waals surface area (Å²) in [7, 11) is 1.12. The van der Waals surface area contributed by atoms with Crippen LogP contribution in [0, 0.1) is 10.1 Å². The van der Waals surface area contributed by atoms with Crippen LogP contribution in [0.25, 0.3) is 0 Å². The van der Waals surface area contributed by atoms with Gasteiger partial charge in [-0.2, -0.15) is 13.2 Å². The Morgan fingerprint density at radius 1 is 1.55 bits per heavy atom. The molecular weight excluding hydrogens is 281 g/mol. The lowest BCUT2D eigenvalue weighted by molar-refractivity contribution is -0.385. The molecule has 7 nitrogen and oxygen atoms in total. The molecule has 1 rings (SSSR count). The van der Waals surface area contributed by atoms with E-state index < -0.39 is 41.2 Å². The highest BCUT2D eigenvalue weighted by molar-refractivity contribution is 5.98. The number of aromatic nitrogens is 1. The van der Waals surface area contributed by atoms with E-state index in [1.165, 1.54) is 0 Å². The van der Waals surface area contributed by atoms with Crippen LogP contribution in [0.3, 0.4) is 0 Å². The van der Waals surface area contributed by atoms with Crippen LogP contribution in [-0.4, -0.2) is 40.5 Å². The molecule has 0 saturated heterocycles. The molecule has 110 valence electrons. The van der Waals surface area contributed by atoms with Crippen molar-refractivity contribution >= 4 is 17.4 Å². The predicted molar refractivity (Wildman–Crippen MR) is 62.9 cm³/mol. The van der Waals surface area contributed by atoms with Crippen molar-refractivity contribution in [2.24, 2.45) is 0 Å².